The lowest BCUT2D eigenvalue weighted by Gasteiger charge is -2.12. The zero-order valence-electron chi connectivity index (χ0n) is 11.9. The molecule has 0 aliphatic carbocycles. The zero-order chi connectivity index (χ0) is 15.1. The van der Waals surface area contributed by atoms with E-state index in [1.54, 1.807) is 14.1 Å². The van der Waals surface area contributed by atoms with Gasteiger partial charge in [0.05, 0.1) is 4.92 Å². The lowest BCUT2D eigenvalue weighted by atomic mass is 10.1. The predicted octanol–water partition coefficient (Wildman–Crippen LogP) is 2.67. The minimum atomic E-state index is -0.456. The van der Waals surface area contributed by atoms with Crippen LogP contribution in [-0.2, 0) is 0 Å². The molecule has 0 aromatic heterocycles. The van der Waals surface area contributed by atoms with E-state index >= 15 is 0 Å². The lowest BCUT2D eigenvalue weighted by Crippen LogP contribution is -2.21. The van der Waals surface area contributed by atoms with Gasteiger partial charge in [0.2, 0.25) is 0 Å². The molecular weight excluding hydrogens is 258 g/mol. The largest absolute Gasteiger partial charge is 0.379 e. The molecule has 0 bridgehead atoms. The Kier molecular flexibility index (Phi) is 5.71. The van der Waals surface area contributed by atoms with Crippen LogP contribution in [0.3, 0.4) is 0 Å². The van der Waals surface area contributed by atoms with E-state index in [0.29, 0.717) is 17.8 Å². The summed E-state index contributed by atoms with van der Waals surface area (Å²) in [5, 5.41) is 14.0. The summed E-state index contributed by atoms with van der Waals surface area (Å²) < 4.78 is 0. The number of carbonyl (C=O) groups excluding carboxylic acids is 1. The van der Waals surface area contributed by atoms with E-state index in [1.165, 1.54) is 23.1 Å². The number of carbonyl (C=O) groups is 1. The molecule has 1 aromatic carbocycles. The number of nitrogens with one attached hydrogen (secondary N) is 1. The summed E-state index contributed by atoms with van der Waals surface area (Å²) in [7, 11) is 3.28. The molecule has 6 nitrogen and oxygen atoms in total. The zero-order valence-corrected chi connectivity index (χ0v) is 11.9. The summed E-state index contributed by atoms with van der Waals surface area (Å²) in [5.74, 6) is -0.184. The van der Waals surface area contributed by atoms with Gasteiger partial charge in [-0.05, 0) is 25.5 Å². The first kappa shape index (κ1) is 15.7. The molecule has 0 saturated heterocycles. The number of amides is 1. The van der Waals surface area contributed by atoms with Crippen LogP contribution in [0.5, 0.6) is 0 Å². The number of hydrogen-bond donors (Lipinski definition) is 1. The Balaban J connectivity index is 2.99. The smallest absolute Gasteiger partial charge is 0.292 e. The third-order valence-electron chi connectivity index (χ3n) is 2.71. The molecule has 1 rings (SSSR count). The van der Waals surface area contributed by atoms with Gasteiger partial charge < -0.3 is 10.2 Å². The highest BCUT2D eigenvalue weighted by atomic mass is 16.6. The van der Waals surface area contributed by atoms with Crippen molar-refractivity contribution in [3.05, 3.63) is 46.0 Å². The third kappa shape index (κ3) is 4.08. The van der Waals surface area contributed by atoms with Gasteiger partial charge in [-0.25, -0.2) is 0 Å². The number of nitrogens with zero attached hydrogens (tertiary/aromatic N) is 2. The molecule has 0 aliphatic heterocycles. The number of rotatable bonds is 6. The first-order valence-electron chi connectivity index (χ1n) is 6.32. The Morgan fingerprint density at radius 2 is 2.15 bits per heavy atom. The van der Waals surface area contributed by atoms with Crippen molar-refractivity contribution in [2.24, 2.45) is 0 Å². The SMILES string of the molecule is C/C=C/CCNc1cc(C(=O)N(C)C)ccc1[N+](=O)[O-]. The van der Waals surface area contributed by atoms with Crippen LogP contribution < -0.4 is 5.32 Å². The van der Waals surface area contributed by atoms with Crippen LogP contribution in [0.1, 0.15) is 23.7 Å². The van der Waals surface area contributed by atoms with Gasteiger partial charge in [0.25, 0.3) is 11.6 Å². The molecule has 0 atom stereocenters. The van der Waals surface area contributed by atoms with Gasteiger partial charge in [-0.2, -0.15) is 0 Å². The average Bonchev–Trinajstić information content (AvgIpc) is 2.42. The molecule has 20 heavy (non-hydrogen) atoms. The van der Waals surface area contributed by atoms with Crippen molar-refractivity contribution in [2.75, 3.05) is 26.0 Å². The molecule has 0 unspecified atom stereocenters. The molecule has 1 amide bonds. The molecule has 108 valence electrons. The number of nitro groups is 1. The third-order valence-corrected chi connectivity index (χ3v) is 2.71. The van der Waals surface area contributed by atoms with E-state index < -0.39 is 4.92 Å². The minimum Gasteiger partial charge on any atom is -0.379 e. The Bertz CT molecular complexity index is 524. The Labute approximate surface area is 118 Å². The Morgan fingerprint density at radius 3 is 2.70 bits per heavy atom. The average molecular weight is 277 g/mol. The summed E-state index contributed by atoms with van der Waals surface area (Å²) in [6, 6.07) is 4.35. The highest BCUT2D eigenvalue weighted by Gasteiger charge is 2.17. The van der Waals surface area contributed by atoms with E-state index in [1.807, 2.05) is 19.1 Å². The van der Waals surface area contributed by atoms with Gasteiger partial charge in [0, 0.05) is 32.3 Å². The summed E-state index contributed by atoms with van der Waals surface area (Å²) in [5.41, 5.74) is 0.766. The van der Waals surface area contributed by atoms with Crippen LogP contribution >= 0.6 is 0 Å². The Morgan fingerprint density at radius 1 is 1.45 bits per heavy atom. The van der Waals surface area contributed by atoms with Crippen LogP contribution in [0.4, 0.5) is 11.4 Å². The normalized spacial score (nSPS) is 10.6. The lowest BCUT2D eigenvalue weighted by molar-refractivity contribution is -0.384. The highest BCUT2D eigenvalue weighted by Crippen LogP contribution is 2.25. The van der Waals surface area contributed by atoms with Crippen molar-refractivity contribution >= 4 is 17.3 Å². The molecule has 0 aliphatic rings. The second kappa shape index (κ2) is 7.28. The van der Waals surface area contributed by atoms with Crippen LogP contribution in [0.2, 0.25) is 0 Å². The van der Waals surface area contributed by atoms with Crippen LogP contribution in [0.25, 0.3) is 0 Å². The molecule has 0 fully saturated rings. The number of benzene rings is 1. The van der Waals surface area contributed by atoms with E-state index in [4.69, 9.17) is 0 Å². The van der Waals surface area contributed by atoms with E-state index in [2.05, 4.69) is 5.32 Å². The van der Waals surface area contributed by atoms with Gasteiger partial charge in [-0.3, -0.25) is 14.9 Å². The second-order valence-electron chi connectivity index (χ2n) is 4.47. The van der Waals surface area contributed by atoms with Crippen molar-refractivity contribution in [3.63, 3.8) is 0 Å². The topological polar surface area (TPSA) is 75.5 Å². The van der Waals surface area contributed by atoms with Gasteiger partial charge in [-0.1, -0.05) is 12.2 Å². The first-order chi connectivity index (χ1) is 9.47. The van der Waals surface area contributed by atoms with Gasteiger partial charge in [0.1, 0.15) is 5.69 Å². The number of hydrogen-bond acceptors (Lipinski definition) is 4. The highest BCUT2D eigenvalue weighted by molar-refractivity contribution is 5.95. The minimum absolute atomic E-state index is 0.0271. The van der Waals surface area contributed by atoms with Gasteiger partial charge in [0.15, 0.2) is 0 Å². The van der Waals surface area contributed by atoms with Crippen molar-refractivity contribution in [3.8, 4) is 0 Å². The summed E-state index contributed by atoms with van der Waals surface area (Å²) in [6.07, 6.45) is 4.65. The molecule has 0 radical (unpaired) electrons. The molecule has 6 heteroatoms. The maximum absolute atomic E-state index is 11.9. The quantitative estimate of drug-likeness (QED) is 0.375. The number of nitro benzene ring substituents is 1. The first-order valence-corrected chi connectivity index (χ1v) is 6.32. The number of allylic oxidation sites excluding steroid dienone is 1. The fourth-order valence-electron chi connectivity index (χ4n) is 1.68. The standard InChI is InChI=1S/C14H19N3O3/c1-4-5-6-9-15-12-10-11(14(18)16(2)3)7-8-13(12)17(19)20/h4-5,7-8,10,15H,6,9H2,1-3H3/b5-4+. The van der Waals surface area contributed by atoms with Crippen molar-refractivity contribution in [1.82, 2.24) is 4.90 Å². The monoisotopic (exact) mass is 277 g/mol. The maximum Gasteiger partial charge on any atom is 0.292 e. The van der Waals surface area contributed by atoms with Crippen molar-refractivity contribution in [2.45, 2.75) is 13.3 Å². The fraction of sp³-hybridized carbons (Fsp3) is 0.357. The number of anilines is 1. The van der Waals surface area contributed by atoms with E-state index in [0.717, 1.165) is 6.42 Å². The predicted molar refractivity (Wildman–Crippen MR) is 79.0 cm³/mol. The molecule has 0 heterocycles. The second-order valence-corrected chi connectivity index (χ2v) is 4.47. The molecule has 0 saturated carbocycles. The van der Waals surface area contributed by atoms with Crippen molar-refractivity contribution in [1.29, 1.82) is 0 Å². The van der Waals surface area contributed by atoms with Crippen molar-refractivity contribution < 1.29 is 9.72 Å². The molecule has 1 aromatic rings. The van der Waals surface area contributed by atoms with E-state index in [-0.39, 0.29) is 11.6 Å². The summed E-state index contributed by atoms with van der Waals surface area (Å²) >= 11 is 0. The van der Waals surface area contributed by atoms with E-state index in [9.17, 15) is 14.9 Å². The van der Waals surface area contributed by atoms with Crippen LogP contribution in [-0.4, -0.2) is 36.4 Å². The summed E-state index contributed by atoms with van der Waals surface area (Å²) in [4.78, 5) is 23.8. The maximum atomic E-state index is 11.9. The van der Waals surface area contributed by atoms with Crippen LogP contribution in [0.15, 0.2) is 30.4 Å². The summed E-state index contributed by atoms with van der Waals surface area (Å²) in [6.45, 7) is 2.49. The fourth-order valence-corrected chi connectivity index (χ4v) is 1.68. The van der Waals surface area contributed by atoms with Gasteiger partial charge >= 0.3 is 0 Å². The molecule has 0 spiro atoms. The Hall–Kier alpha value is -2.37. The van der Waals surface area contributed by atoms with Gasteiger partial charge in [-0.15, -0.1) is 0 Å². The molecule has 1 N–H and O–H groups in total. The molecular formula is C14H19N3O3. The van der Waals surface area contributed by atoms with Crippen LogP contribution in [0, 0.1) is 10.1 Å².